The third-order valence-corrected chi connectivity index (χ3v) is 3.05. The van der Waals surface area contributed by atoms with Gasteiger partial charge in [0.1, 0.15) is 0 Å². The van der Waals surface area contributed by atoms with Crippen molar-refractivity contribution in [1.29, 1.82) is 0 Å². The highest BCUT2D eigenvalue weighted by Crippen LogP contribution is 2.34. The molecule has 2 unspecified atom stereocenters. The molecule has 0 aliphatic rings. The van der Waals surface area contributed by atoms with Crippen LogP contribution in [0.1, 0.15) is 47.5 Å². The fourth-order valence-corrected chi connectivity index (χ4v) is 1.48. The van der Waals surface area contributed by atoms with Gasteiger partial charge in [-0.05, 0) is 24.7 Å². The minimum absolute atomic E-state index is 0.420. The molecular weight excluding hydrogens is 132 g/mol. The van der Waals surface area contributed by atoms with E-state index in [2.05, 4.69) is 46.8 Å². The third kappa shape index (κ3) is 2.69. The van der Waals surface area contributed by atoms with Crippen LogP contribution in [-0.2, 0) is 0 Å². The monoisotopic (exact) mass is 154 g/mol. The van der Waals surface area contributed by atoms with Crippen LogP contribution in [0.2, 0.25) is 0 Å². The largest absolute Gasteiger partial charge is 0.0911 e. The molecule has 0 aliphatic heterocycles. The van der Waals surface area contributed by atoms with E-state index in [-0.39, 0.29) is 0 Å². The van der Waals surface area contributed by atoms with Crippen LogP contribution >= 0.6 is 0 Å². The summed E-state index contributed by atoms with van der Waals surface area (Å²) in [6, 6.07) is 0. The van der Waals surface area contributed by atoms with Crippen LogP contribution in [0.15, 0.2) is 12.2 Å². The first-order chi connectivity index (χ1) is 5.10. The molecule has 0 saturated heterocycles. The molecule has 0 amide bonds. The maximum absolute atomic E-state index is 2.35. The zero-order valence-corrected chi connectivity index (χ0v) is 8.65. The van der Waals surface area contributed by atoms with Crippen molar-refractivity contribution in [3.8, 4) is 0 Å². The zero-order chi connectivity index (χ0) is 8.91. The normalized spacial score (nSPS) is 20.1. The lowest BCUT2D eigenvalue weighted by Crippen LogP contribution is -2.21. The highest BCUT2D eigenvalue weighted by Gasteiger charge is 2.24. The van der Waals surface area contributed by atoms with Crippen LogP contribution in [0.5, 0.6) is 0 Å². The Morgan fingerprint density at radius 2 is 1.91 bits per heavy atom. The van der Waals surface area contributed by atoms with E-state index < -0.39 is 0 Å². The molecule has 0 nitrogen and oxygen atoms in total. The summed E-state index contributed by atoms with van der Waals surface area (Å²) in [4.78, 5) is 0. The molecule has 66 valence electrons. The highest BCUT2D eigenvalue weighted by atomic mass is 14.3. The summed E-state index contributed by atoms with van der Waals surface area (Å²) in [5.41, 5.74) is 0.420. The summed E-state index contributed by atoms with van der Waals surface area (Å²) < 4.78 is 0. The molecule has 0 saturated carbocycles. The first-order valence-corrected chi connectivity index (χ1v) is 4.74. The lowest BCUT2D eigenvalue weighted by Gasteiger charge is -2.31. The van der Waals surface area contributed by atoms with Gasteiger partial charge in [-0.15, -0.1) is 0 Å². The van der Waals surface area contributed by atoms with E-state index in [0.29, 0.717) is 5.41 Å². The number of allylic oxidation sites excluding steroid dienone is 2. The summed E-state index contributed by atoms with van der Waals surface area (Å²) in [6.07, 6.45) is 7.04. The van der Waals surface area contributed by atoms with Gasteiger partial charge in [0.25, 0.3) is 0 Å². The van der Waals surface area contributed by atoms with Crippen molar-refractivity contribution in [2.45, 2.75) is 47.5 Å². The maximum Gasteiger partial charge on any atom is -0.0124 e. The Kier molecular flexibility index (Phi) is 4.48. The molecule has 0 N–H and O–H groups in total. The highest BCUT2D eigenvalue weighted by molar-refractivity contribution is 4.97. The summed E-state index contributed by atoms with van der Waals surface area (Å²) in [6.45, 7) is 11.3. The fourth-order valence-electron chi connectivity index (χ4n) is 1.48. The predicted molar refractivity (Wildman–Crippen MR) is 52.7 cm³/mol. The zero-order valence-electron chi connectivity index (χ0n) is 8.65. The first-order valence-electron chi connectivity index (χ1n) is 4.74. The molecule has 11 heavy (non-hydrogen) atoms. The van der Waals surface area contributed by atoms with Gasteiger partial charge in [0.05, 0.1) is 0 Å². The first kappa shape index (κ1) is 10.7. The number of hydrogen-bond donors (Lipinski definition) is 0. The quantitative estimate of drug-likeness (QED) is 0.536. The van der Waals surface area contributed by atoms with Gasteiger partial charge in [0.2, 0.25) is 0 Å². The minimum atomic E-state index is 0.420. The van der Waals surface area contributed by atoms with E-state index in [1.807, 2.05) is 0 Å². The van der Waals surface area contributed by atoms with Gasteiger partial charge >= 0.3 is 0 Å². The Morgan fingerprint density at radius 1 is 1.36 bits per heavy atom. The van der Waals surface area contributed by atoms with Crippen molar-refractivity contribution in [2.75, 3.05) is 0 Å². The van der Waals surface area contributed by atoms with Crippen LogP contribution < -0.4 is 0 Å². The van der Waals surface area contributed by atoms with E-state index in [9.17, 15) is 0 Å². The summed E-state index contributed by atoms with van der Waals surface area (Å²) in [7, 11) is 0. The standard InChI is InChI=1S/C11H22/c1-6-9-11(5,8-3)10(4)7-2/h6,9-10H,7-8H2,1-5H3. The van der Waals surface area contributed by atoms with Gasteiger partial charge in [-0.3, -0.25) is 0 Å². The predicted octanol–water partition coefficient (Wildman–Crippen LogP) is 4.02. The van der Waals surface area contributed by atoms with Crippen LogP contribution in [0.3, 0.4) is 0 Å². The van der Waals surface area contributed by atoms with Crippen LogP contribution in [-0.4, -0.2) is 0 Å². The molecule has 2 atom stereocenters. The number of rotatable bonds is 4. The van der Waals surface area contributed by atoms with Crippen LogP contribution in [0.25, 0.3) is 0 Å². The second-order valence-corrected chi connectivity index (χ2v) is 3.67. The molecule has 0 heteroatoms. The van der Waals surface area contributed by atoms with Crippen molar-refractivity contribution in [1.82, 2.24) is 0 Å². The molecule has 0 aliphatic carbocycles. The van der Waals surface area contributed by atoms with E-state index in [0.717, 1.165) is 5.92 Å². The molecule has 0 aromatic rings. The molecule has 0 rings (SSSR count). The summed E-state index contributed by atoms with van der Waals surface area (Å²) in [5.74, 6) is 0.795. The van der Waals surface area contributed by atoms with Gasteiger partial charge in [-0.25, -0.2) is 0 Å². The second kappa shape index (κ2) is 4.58. The molecule has 0 fully saturated rings. The van der Waals surface area contributed by atoms with Gasteiger partial charge in [-0.1, -0.05) is 46.3 Å². The summed E-state index contributed by atoms with van der Waals surface area (Å²) >= 11 is 0. The maximum atomic E-state index is 2.35. The minimum Gasteiger partial charge on any atom is -0.0911 e. The Balaban J connectivity index is 4.31. The SMILES string of the molecule is CC=CC(C)(CC)C(C)CC. The molecule has 0 aromatic carbocycles. The Hall–Kier alpha value is -0.260. The van der Waals surface area contributed by atoms with E-state index in [1.54, 1.807) is 0 Å². The summed E-state index contributed by atoms with van der Waals surface area (Å²) in [5, 5.41) is 0. The van der Waals surface area contributed by atoms with Crippen LogP contribution in [0.4, 0.5) is 0 Å². The second-order valence-electron chi connectivity index (χ2n) is 3.67. The van der Waals surface area contributed by atoms with Crippen molar-refractivity contribution >= 4 is 0 Å². The van der Waals surface area contributed by atoms with Gasteiger partial charge in [-0.2, -0.15) is 0 Å². The van der Waals surface area contributed by atoms with E-state index in [1.165, 1.54) is 12.8 Å². The average Bonchev–Trinajstić information content (AvgIpc) is 2.03. The van der Waals surface area contributed by atoms with E-state index in [4.69, 9.17) is 0 Å². The Labute approximate surface area is 71.7 Å². The fraction of sp³-hybridized carbons (Fsp3) is 0.818. The Morgan fingerprint density at radius 3 is 2.18 bits per heavy atom. The van der Waals surface area contributed by atoms with Crippen LogP contribution in [0, 0.1) is 11.3 Å². The van der Waals surface area contributed by atoms with Gasteiger partial charge in [0, 0.05) is 0 Å². The Bertz CT molecular complexity index is 124. The molecule has 0 radical (unpaired) electrons. The molecule has 0 spiro atoms. The van der Waals surface area contributed by atoms with Crippen molar-refractivity contribution in [3.05, 3.63) is 12.2 Å². The lowest BCUT2D eigenvalue weighted by molar-refractivity contribution is 0.258. The lowest BCUT2D eigenvalue weighted by atomic mass is 9.74. The molecule has 0 bridgehead atoms. The molecular formula is C11H22. The van der Waals surface area contributed by atoms with Gasteiger partial charge < -0.3 is 0 Å². The smallest absolute Gasteiger partial charge is 0.0124 e. The average molecular weight is 154 g/mol. The van der Waals surface area contributed by atoms with Gasteiger partial charge in [0.15, 0.2) is 0 Å². The van der Waals surface area contributed by atoms with Crippen molar-refractivity contribution in [2.24, 2.45) is 11.3 Å². The van der Waals surface area contributed by atoms with Crippen molar-refractivity contribution in [3.63, 3.8) is 0 Å². The third-order valence-electron chi connectivity index (χ3n) is 3.05. The van der Waals surface area contributed by atoms with E-state index >= 15 is 0 Å². The topological polar surface area (TPSA) is 0 Å². The van der Waals surface area contributed by atoms with Crippen molar-refractivity contribution < 1.29 is 0 Å². The molecule has 0 heterocycles. The molecule has 0 aromatic heterocycles. The number of hydrogen-bond acceptors (Lipinski definition) is 0.